The van der Waals surface area contributed by atoms with E-state index in [0.29, 0.717) is 0 Å². The maximum absolute atomic E-state index is 4.03. The van der Waals surface area contributed by atoms with Crippen molar-refractivity contribution >= 4 is 11.3 Å². The molecule has 0 aliphatic rings. The average molecular weight is 213 g/mol. The third-order valence-corrected chi connectivity index (χ3v) is 2.24. The average Bonchev–Trinajstić information content (AvgIpc) is 2.30. The summed E-state index contributed by atoms with van der Waals surface area (Å²) in [5.74, 6) is 0. The summed E-state index contributed by atoms with van der Waals surface area (Å²) in [6.45, 7) is 9.07. The van der Waals surface area contributed by atoms with Gasteiger partial charge in [0.25, 0.3) is 0 Å². The molecule has 0 heterocycles. The highest BCUT2D eigenvalue weighted by Crippen LogP contribution is 2.16. The van der Waals surface area contributed by atoms with Crippen LogP contribution in [-0.2, 0) is 0 Å². The first-order valence-electron chi connectivity index (χ1n) is 5.60. The molecule has 0 spiro atoms. The van der Waals surface area contributed by atoms with Gasteiger partial charge in [0, 0.05) is 12.2 Å². The van der Waals surface area contributed by atoms with Crippen LogP contribution in [0.15, 0.2) is 55.1 Å². The molecule has 0 saturated carbocycles. The van der Waals surface area contributed by atoms with Gasteiger partial charge in [-0.05, 0) is 37.1 Å². The predicted octanol–water partition coefficient (Wildman–Crippen LogP) is 4.26. The lowest BCUT2D eigenvalue weighted by atomic mass is 10.1. The Hall–Kier alpha value is -1.76. The van der Waals surface area contributed by atoms with Gasteiger partial charge in [0.1, 0.15) is 0 Å². The lowest BCUT2D eigenvalue weighted by molar-refractivity contribution is 1.21. The molecule has 1 heteroatoms. The minimum atomic E-state index is 0.946. The summed E-state index contributed by atoms with van der Waals surface area (Å²) >= 11 is 0. The Labute approximate surface area is 98.2 Å². The first-order valence-corrected chi connectivity index (χ1v) is 5.60. The van der Waals surface area contributed by atoms with Crippen molar-refractivity contribution in [2.75, 3.05) is 11.9 Å². The third kappa shape index (κ3) is 3.77. The molecular weight excluding hydrogens is 194 g/mol. The van der Waals surface area contributed by atoms with Crippen LogP contribution in [0.1, 0.15) is 19.4 Å². The first-order chi connectivity index (χ1) is 7.77. The highest BCUT2D eigenvalue weighted by molar-refractivity contribution is 5.73. The number of hydrogen-bond acceptors (Lipinski definition) is 1. The second kappa shape index (κ2) is 6.67. The highest BCUT2D eigenvalue weighted by Gasteiger charge is 1.94. The zero-order chi connectivity index (χ0) is 11.8. The molecular formula is C15H19N. The molecule has 0 bridgehead atoms. The van der Waals surface area contributed by atoms with Gasteiger partial charge >= 0.3 is 0 Å². The molecule has 0 atom stereocenters. The van der Waals surface area contributed by atoms with Gasteiger partial charge in [0.05, 0.1) is 0 Å². The zero-order valence-corrected chi connectivity index (χ0v) is 10.0. The molecule has 0 aliphatic heterocycles. The van der Waals surface area contributed by atoms with Gasteiger partial charge in [-0.2, -0.15) is 0 Å². The van der Waals surface area contributed by atoms with Gasteiger partial charge in [0.15, 0.2) is 0 Å². The fourth-order valence-electron chi connectivity index (χ4n) is 1.39. The van der Waals surface area contributed by atoms with Crippen LogP contribution in [0.5, 0.6) is 0 Å². The summed E-state index contributed by atoms with van der Waals surface area (Å²) in [6.07, 6.45) is 8.01. The minimum absolute atomic E-state index is 0.946. The summed E-state index contributed by atoms with van der Waals surface area (Å²) in [5.41, 5.74) is 3.33. The third-order valence-electron chi connectivity index (χ3n) is 2.24. The van der Waals surface area contributed by atoms with Crippen molar-refractivity contribution in [2.24, 2.45) is 0 Å². The molecule has 0 amide bonds. The Morgan fingerprint density at radius 2 is 1.94 bits per heavy atom. The van der Waals surface area contributed by atoms with Gasteiger partial charge in [-0.1, -0.05) is 43.0 Å². The molecule has 0 aliphatic carbocycles. The van der Waals surface area contributed by atoms with Crippen molar-refractivity contribution in [1.82, 2.24) is 0 Å². The van der Waals surface area contributed by atoms with E-state index in [4.69, 9.17) is 0 Å². The fourth-order valence-corrected chi connectivity index (χ4v) is 1.39. The number of benzene rings is 1. The number of hydrogen-bond donors (Lipinski definition) is 1. The molecule has 0 fully saturated rings. The lowest BCUT2D eigenvalue weighted by Gasteiger charge is -2.04. The summed E-state index contributed by atoms with van der Waals surface area (Å²) in [5, 5.41) is 3.27. The quantitative estimate of drug-likeness (QED) is 0.720. The highest BCUT2D eigenvalue weighted by atomic mass is 14.8. The van der Waals surface area contributed by atoms with E-state index in [1.165, 1.54) is 0 Å². The monoisotopic (exact) mass is 213 g/mol. The van der Waals surface area contributed by atoms with E-state index >= 15 is 0 Å². The second-order valence-corrected chi connectivity index (χ2v) is 3.52. The summed E-state index contributed by atoms with van der Waals surface area (Å²) < 4.78 is 0. The standard InChI is InChI=1S/C15H19N/c1-4-6-7-8-13(3)14-9-11-15(12-10-14)16-5-2/h4,6-12,16H,3,5H2,1-2H3/b6-4-,8-7-. The van der Waals surface area contributed by atoms with E-state index < -0.39 is 0 Å². The smallest absolute Gasteiger partial charge is 0.0340 e. The molecule has 1 nitrogen and oxygen atoms in total. The van der Waals surface area contributed by atoms with E-state index in [-0.39, 0.29) is 0 Å². The minimum Gasteiger partial charge on any atom is -0.385 e. The lowest BCUT2D eigenvalue weighted by Crippen LogP contribution is -1.95. The molecule has 0 radical (unpaired) electrons. The number of nitrogens with one attached hydrogen (secondary N) is 1. The van der Waals surface area contributed by atoms with Crippen LogP contribution in [-0.4, -0.2) is 6.54 Å². The van der Waals surface area contributed by atoms with Crippen molar-refractivity contribution in [1.29, 1.82) is 0 Å². The Morgan fingerprint density at radius 1 is 1.25 bits per heavy atom. The van der Waals surface area contributed by atoms with Crippen molar-refractivity contribution in [3.05, 3.63) is 60.7 Å². The van der Waals surface area contributed by atoms with Crippen LogP contribution in [0.2, 0.25) is 0 Å². The Kier molecular flexibility index (Phi) is 5.13. The van der Waals surface area contributed by atoms with Crippen molar-refractivity contribution in [2.45, 2.75) is 13.8 Å². The maximum atomic E-state index is 4.03. The van der Waals surface area contributed by atoms with Crippen molar-refractivity contribution in [3.8, 4) is 0 Å². The molecule has 1 N–H and O–H groups in total. The molecule has 0 unspecified atom stereocenters. The maximum Gasteiger partial charge on any atom is 0.0340 e. The van der Waals surface area contributed by atoms with Crippen LogP contribution in [0, 0.1) is 0 Å². The zero-order valence-electron chi connectivity index (χ0n) is 10.0. The van der Waals surface area contributed by atoms with Crippen LogP contribution >= 0.6 is 0 Å². The molecule has 1 aromatic carbocycles. The summed E-state index contributed by atoms with van der Waals surface area (Å²) in [6, 6.07) is 8.32. The molecule has 0 saturated heterocycles. The molecule has 84 valence electrons. The topological polar surface area (TPSA) is 12.0 Å². The Balaban J connectivity index is 2.70. The molecule has 0 aromatic heterocycles. The van der Waals surface area contributed by atoms with Crippen molar-refractivity contribution < 1.29 is 0 Å². The van der Waals surface area contributed by atoms with Gasteiger partial charge in [-0.25, -0.2) is 0 Å². The predicted molar refractivity (Wildman–Crippen MR) is 73.6 cm³/mol. The molecule has 1 rings (SSSR count). The number of anilines is 1. The first kappa shape index (κ1) is 12.3. The SMILES string of the molecule is C=C(/C=C\C=C/C)c1ccc(NCC)cc1. The Bertz CT molecular complexity index is 382. The van der Waals surface area contributed by atoms with Crippen molar-refractivity contribution in [3.63, 3.8) is 0 Å². The van der Waals surface area contributed by atoms with Crippen LogP contribution in [0.25, 0.3) is 5.57 Å². The Morgan fingerprint density at radius 3 is 2.50 bits per heavy atom. The van der Waals surface area contributed by atoms with Gasteiger partial charge in [-0.15, -0.1) is 0 Å². The van der Waals surface area contributed by atoms with Crippen LogP contribution in [0.4, 0.5) is 5.69 Å². The second-order valence-electron chi connectivity index (χ2n) is 3.52. The number of allylic oxidation sites excluding steroid dienone is 5. The van der Waals surface area contributed by atoms with E-state index in [1.54, 1.807) is 0 Å². The van der Waals surface area contributed by atoms with Crippen LogP contribution < -0.4 is 5.32 Å². The van der Waals surface area contributed by atoms with Gasteiger partial charge in [-0.3, -0.25) is 0 Å². The summed E-state index contributed by atoms with van der Waals surface area (Å²) in [4.78, 5) is 0. The normalized spacial score (nSPS) is 11.1. The van der Waals surface area contributed by atoms with E-state index in [0.717, 1.165) is 23.4 Å². The molecule has 1 aromatic rings. The molecule has 16 heavy (non-hydrogen) atoms. The fraction of sp³-hybridized carbons (Fsp3) is 0.200. The summed E-state index contributed by atoms with van der Waals surface area (Å²) in [7, 11) is 0. The van der Waals surface area contributed by atoms with E-state index in [1.807, 2.05) is 31.2 Å². The van der Waals surface area contributed by atoms with Gasteiger partial charge < -0.3 is 5.32 Å². The van der Waals surface area contributed by atoms with Crippen LogP contribution in [0.3, 0.4) is 0 Å². The van der Waals surface area contributed by atoms with E-state index in [2.05, 4.69) is 43.1 Å². The largest absolute Gasteiger partial charge is 0.385 e. The van der Waals surface area contributed by atoms with E-state index in [9.17, 15) is 0 Å². The van der Waals surface area contributed by atoms with Gasteiger partial charge in [0.2, 0.25) is 0 Å². The number of rotatable bonds is 5.